The Morgan fingerprint density at radius 1 is 0.750 bits per heavy atom. The van der Waals surface area contributed by atoms with Gasteiger partial charge in [0.25, 0.3) is 0 Å². The van der Waals surface area contributed by atoms with Gasteiger partial charge in [0.05, 0.1) is 0 Å². The number of methoxy groups -OCH3 is 1. The monoisotopic (exact) mass is 492 g/mol. The zero-order valence-corrected chi connectivity index (χ0v) is 21.9. The van der Waals surface area contributed by atoms with Crippen molar-refractivity contribution < 1.29 is 13.9 Å². The Kier molecular flexibility index (Phi) is 12.4. The van der Waals surface area contributed by atoms with Crippen LogP contribution in [0.3, 0.4) is 0 Å². The molecule has 2 aromatic carbocycles. The lowest BCUT2D eigenvalue weighted by Crippen LogP contribution is -2.12. The predicted molar refractivity (Wildman–Crippen MR) is 146 cm³/mol. The van der Waals surface area contributed by atoms with E-state index in [-0.39, 0.29) is 6.61 Å². The number of unbranched alkanes of at least 4 members (excludes halogenated alkanes) is 6. The molecule has 1 heterocycles. The van der Waals surface area contributed by atoms with Crippen LogP contribution in [-0.4, -0.2) is 36.5 Å². The van der Waals surface area contributed by atoms with Gasteiger partial charge in [-0.2, -0.15) is 0 Å². The van der Waals surface area contributed by atoms with Gasteiger partial charge in [-0.3, -0.25) is 0 Å². The minimum absolute atomic E-state index is 0.0824. The fraction of sp³-hybridized carbons (Fsp3) is 0.484. The quantitative estimate of drug-likeness (QED) is 0.178. The molecule has 0 fully saturated rings. The number of rotatable bonds is 17. The highest BCUT2D eigenvalue weighted by atomic mass is 19.1. The second-order valence-corrected chi connectivity index (χ2v) is 9.43. The second kappa shape index (κ2) is 16.1. The molecule has 0 aliphatic heterocycles. The van der Waals surface area contributed by atoms with Crippen LogP contribution in [0.1, 0.15) is 70.3 Å². The van der Waals surface area contributed by atoms with Crippen LogP contribution in [0.25, 0.3) is 22.5 Å². The number of alkyl halides is 1. The minimum atomic E-state index is -0.951. The van der Waals surface area contributed by atoms with Crippen molar-refractivity contribution >= 4 is 0 Å². The molecular weight excluding hydrogens is 451 g/mol. The summed E-state index contributed by atoms with van der Waals surface area (Å²) >= 11 is 0. The van der Waals surface area contributed by atoms with Crippen molar-refractivity contribution in [1.82, 2.24) is 9.97 Å². The highest BCUT2D eigenvalue weighted by molar-refractivity contribution is 5.64. The smallest absolute Gasteiger partial charge is 0.159 e. The van der Waals surface area contributed by atoms with Gasteiger partial charge in [-0.25, -0.2) is 14.4 Å². The fourth-order valence-electron chi connectivity index (χ4n) is 4.18. The van der Waals surface area contributed by atoms with Crippen molar-refractivity contribution in [3.8, 4) is 28.3 Å². The topological polar surface area (TPSA) is 44.2 Å². The molecule has 1 aromatic heterocycles. The molecule has 0 bridgehead atoms. The summed E-state index contributed by atoms with van der Waals surface area (Å²) in [5.74, 6) is 1.40. The number of ether oxygens (including phenoxy) is 2. The van der Waals surface area contributed by atoms with Crippen molar-refractivity contribution in [2.75, 3.05) is 20.3 Å². The minimum Gasteiger partial charge on any atom is -0.491 e. The molecular formula is C31H41FN2O2. The standard InChI is InChI=1S/C31H41FN2O2/c1-3-4-5-6-8-11-25-13-15-27(16-14-25)31-33-22-28(23-34-31)26-17-19-30(20-18-26)36-24-29(32)12-9-7-10-21-35-2/h13-20,22-23,29H,3-12,21,24H2,1-2H3. The summed E-state index contributed by atoms with van der Waals surface area (Å²) in [4.78, 5) is 9.16. The Labute approximate surface area is 216 Å². The summed E-state index contributed by atoms with van der Waals surface area (Å²) < 4.78 is 24.7. The SMILES string of the molecule is CCCCCCCc1ccc(-c2ncc(-c3ccc(OCC(F)CCCCCOC)cc3)cn2)cc1. The van der Waals surface area contributed by atoms with Crippen LogP contribution in [0.4, 0.5) is 4.39 Å². The van der Waals surface area contributed by atoms with E-state index in [0.717, 1.165) is 54.8 Å². The first-order valence-electron chi connectivity index (χ1n) is 13.5. The second-order valence-electron chi connectivity index (χ2n) is 9.43. The molecule has 1 atom stereocenters. The molecule has 0 radical (unpaired) electrons. The molecule has 0 N–H and O–H groups in total. The zero-order chi connectivity index (χ0) is 25.4. The Morgan fingerprint density at radius 3 is 2.11 bits per heavy atom. The number of aryl methyl sites for hydroxylation is 1. The van der Waals surface area contributed by atoms with E-state index < -0.39 is 6.17 Å². The van der Waals surface area contributed by atoms with Crippen LogP contribution in [0, 0.1) is 0 Å². The largest absolute Gasteiger partial charge is 0.491 e. The lowest BCUT2D eigenvalue weighted by molar-refractivity contribution is 0.175. The molecule has 3 rings (SSSR count). The number of benzene rings is 2. The lowest BCUT2D eigenvalue weighted by atomic mass is 10.0. The summed E-state index contributed by atoms with van der Waals surface area (Å²) in [6.07, 6.45) is 13.7. The van der Waals surface area contributed by atoms with Crippen LogP contribution in [0.2, 0.25) is 0 Å². The normalized spacial score (nSPS) is 12.0. The maximum atomic E-state index is 14.1. The summed E-state index contributed by atoms with van der Waals surface area (Å²) in [6, 6.07) is 16.3. The van der Waals surface area contributed by atoms with Crippen molar-refractivity contribution in [2.45, 2.75) is 77.3 Å². The summed E-state index contributed by atoms with van der Waals surface area (Å²) in [5, 5.41) is 0. The van der Waals surface area contributed by atoms with Gasteiger partial charge in [0, 0.05) is 37.2 Å². The van der Waals surface area contributed by atoms with Crippen molar-refractivity contribution in [3.05, 3.63) is 66.5 Å². The van der Waals surface area contributed by atoms with Crippen molar-refractivity contribution in [2.24, 2.45) is 0 Å². The fourth-order valence-corrected chi connectivity index (χ4v) is 4.18. The van der Waals surface area contributed by atoms with E-state index in [1.807, 2.05) is 36.7 Å². The molecule has 0 saturated heterocycles. The maximum absolute atomic E-state index is 14.1. The lowest BCUT2D eigenvalue weighted by Gasteiger charge is -2.11. The molecule has 1 unspecified atom stereocenters. The Morgan fingerprint density at radius 2 is 1.42 bits per heavy atom. The highest BCUT2D eigenvalue weighted by Gasteiger charge is 2.08. The Balaban J connectivity index is 1.45. The summed E-state index contributed by atoms with van der Waals surface area (Å²) in [6.45, 7) is 3.07. The van der Waals surface area contributed by atoms with E-state index >= 15 is 0 Å². The van der Waals surface area contributed by atoms with Gasteiger partial charge < -0.3 is 9.47 Å². The molecule has 5 heteroatoms. The predicted octanol–water partition coefficient (Wildman–Crippen LogP) is 8.25. The summed E-state index contributed by atoms with van der Waals surface area (Å²) in [5.41, 5.74) is 4.34. The molecule has 0 aliphatic rings. The first-order valence-corrected chi connectivity index (χ1v) is 13.5. The van der Waals surface area contributed by atoms with Crippen molar-refractivity contribution in [1.29, 1.82) is 0 Å². The molecule has 194 valence electrons. The third-order valence-corrected chi connectivity index (χ3v) is 6.42. The zero-order valence-electron chi connectivity index (χ0n) is 21.9. The van der Waals surface area contributed by atoms with E-state index in [9.17, 15) is 4.39 Å². The molecule has 0 spiro atoms. The molecule has 3 aromatic rings. The van der Waals surface area contributed by atoms with E-state index in [2.05, 4.69) is 41.2 Å². The van der Waals surface area contributed by atoms with Gasteiger partial charge >= 0.3 is 0 Å². The van der Waals surface area contributed by atoms with Gasteiger partial charge in [-0.15, -0.1) is 0 Å². The third kappa shape index (κ3) is 9.69. The number of halogens is 1. The van der Waals surface area contributed by atoms with Crippen molar-refractivity contribution in [3.63, 3.8) is 0 Å². The maximum Gasteiger partial charge on any atom is 0.159 e. The van der Waals surface area contributed by atoms with Crippen LogP contribution in [-0.2, 0) is 11.2 Å². The van der Waals surface area contributed by atoms with E-state index in [0.29, 0.717) is 12.2 Å². The van der Waals surface area contributed by atoms with Gasteiger partial charge in [0.2, 0.25) is 0 Å². The molecule has 0 aliphatic carbocycles. The number of hydrogen-bond acceptors (Lipinski definition) is 4. The van der Waals surface area contributed by atoms with Crippen LogP contribution in [0.15, 0.2) is 60.9 Å². The average molecular weight is 493 g/mol. The number of hydrogen-bond donors (Lipinski definition) is 0. The van der Waals surface area contributed by atoms with Crippen LogP contribution < -0.4 is 4.74 Å². The average Bonchev–Trinajstić information content (AvgIpc) is 2.92. The van der Waals surface area contributed by atoms with Crippen LogP contribution in [0.5, 0.6) is 5.75 Å². The van der Waals surface area contributed by atoms with Gasteiger partial charge in [-0.1, -0.05) is 81.8 Å². The number of nitrogens with zero attached hydrogens (tertiary/aromatic N) is 2. The molecule has 0 amide bonds. The molecule has 0 saturated carbocycles. The first-order chi connectivity index (χ1) is 17.7. The van der Waals surface area contributed by atoms with Crippen LogP contribution >= 0.6 is 0 Å². The Hall–Kier alpha value is -2.79. The van der Waals surface area contributed by atoms with E-state index in [4.69, 9.17) is 9.47 Å². The van der Waals surface area contributed by atoms with E-state index in [1.54, 1.807) is 7.11 Å². The van der Waals surface area contributed by atoms with Gasteiger partial charge in [-0.05, 0) is 48.9 Å². The molecule has 36 heavy (non-hydrogen) atoms. The molecule has 4 nitrogen and oxygen atoms in total. The Bertz CT molecular complexity index is 975. The first kappa shape index (κ1) is 27.8. The number of aromatic nitrogens is 2. The van der Waals surface area contributed by atoms with E-state index in [1.165, 1.54) is 37.7 Å². The third-order valence-electron chi connectivity index (χ3n) is 6.42. The van der Waals surface area contributed by atoms with Gasteiger partial charge in [0.1, 0.15) is 18.5 Å². The summed E-state index contributed by atoms with van der Waals surface area (Å²) in [7, 11) is 1.69. The highest BCUT2D eigenvalue weighted by Crippen LogP contribution is 2.24. The van der Waals surface area contributed by atoms with Gasteiger partial charge in [0.15, 0.2) is 5.82 Å².